The molecule has 0 spiro atoms. The van der Waals surface area contributed by atoms with Crippen LogP contribution in [0.1, 0.15) is 46.2 Å². The fourth-order valence-electron chi connectivity index (χ4n) is 1.82. The molecule has 1 aromatic heterocycles. The van der Waals surface area contributed by atoms with E-state index in [0.717, 1.165) is 18.5 Å². The van der Waals surface area contributed by atoms with Crippen LogP contribution in [0.15, 0.2) is 6.07 Å². The fraction of sp³-hybridized carbons (Fsp3) is 0.714. The number of hydrogen-bond donors (Lipinski definition) is 2. The normalized spacial score (nSPS) is 11.7. The number of aryl methyl sites for hydroxylation is 1. The molecule has 1 aromatic rings. The highest BCUT2D eigenvalue weighted by Gasteiger charge is 2.26. The van der Waals surface area contributed by atoms with E-state index in [1.807, 2.05) is 40.7 Å². The molecule has 0 aliphatic heterocycles. The number of rotatable bonds is 7. The van der Waals surface area contributed by atoms with Crippen molar-refractivity contribution in [3.8, 4) is 5.88 Å². The Labute approximate surface area is 115 Å². The van der Waals surface area contributed by atoms with E-state index in [1.165, 1.54) is 0 Å². The number of nitrogens with zero attached hydrogens (tertiary/aromatic N) is 2. The Morgan fingerprint density at radius 2 is 1.95 bits per heavy atom. The zero-order valence-corrected chi connectivity index (χ0v) is 12.5. The van der Waals surface area contributed by atoms with Gasteiger partial charge in [-0.3, -0.25) is 0 Å². The number of aromatic nitrogens is 2. The molecule has 5 nitrogen and oxygen atoms in total. The summed E-state index contributed by atoms with van der Waals surface area (Å²) in [5.74, 6) is 1.07. The van der Waals surface area contributed by atoms with Gasteiger partial charge in [0.15, 0.2) is 0 Å². The predicted octanol–water partition coefficient (Wildman–Crippen LogP) is 2.54. The van der Waals surface area contributed by atoms with Gasteiger partial charge in [0.1, 0.15) is 0 Å². The minimum Gasteiger partial charge on any atom is -0.475 e. The first-order chi connectivity index (χ1) is 8.94. The van der Waals surface area contributed by atoms with Crippen molar-refractivity contribution in [1.82, 2.24) is 9.97 Å². The van der Waals surface area contributed by atoms with Gasteiger partial charge in [0.2, 0.25) is 11.8 Å². The third-order valence-corrected chi connectivity index (χ3v) is 3.22. The van der Waals surface area contributed by atoms with Gasteiger partial charge in [-0.15, -0.1) is 0 Å². The lowest BCUT2D eigenvalue weighted by atomic mass is 9.94. The zero-order chi connectivity index (χ0) is 14.5. The van der Waals surface area contributed by atoms with Crippen LogP contribution in [0.2, 0.25) is 0 Å². The monoisotopic (exact) mass is 267 g/mol. The van der Waals surface area contributed by atoms with Crippen LogP contribution < -0.4 is 10.1 Å². The molecule has 0 aliphatic rings. The molecule has 0 unspecified atom stereocenters. The van der Waals surface area contributed by atoms with E-state index in [2.05, 4.69) is 15.3 Å². The van der Waals surface area contributed by atoms with Crippen molar-refractivity contribution >= 4 is 5.95 Å². The number of aliphatic hydroxyl groups excluding tert-OH is 1. The van der Waals surface area contributed by atoms with Crippen LogP contribution in [0.5, 0.6) is 5.88 Å². The molecule has 0 fully saturated rings. The van der Waals surface area contributed by atoms with Crippen LogP contribution in [-0.4, -0.2) is 33.3 Å². The minimum atomic E-state index is -0.372. The van der Waals surface area contributed by atoms with E-state index in [9.17, 15) is 5.11 Å². The summed E-state index contributed by atoms with van der Waals surface area (Å²) in [7, 11) is 0. The Balaban J connectivity index is 2.97. The molecule has 0 aromatic carbocycles. The van der Waals surface area contributed by atoms with E-state index < -0.39 is 0 Å². The predicted molar refractivity (Wildman–Crippen MR) is 76.6 cm³/mol. The van der Waals surface area contributed by atoms with Crippen molar-refractivity contribution in [2.75, 3.05) is 11.9 Å². The van der Waals surface area contributed by atoms with E-state index in [0.29, 0.717) is 11.8 Å². The average Bonchev–Trinajstić information content (AvgIpc) is 2.34. The third kappa shape index (κ3) is 4.35. The van der Waals surface area contributed by atoms with Crippen molar-refractivity contribution in [2.45, 2.75) is 59.1 Å². The summed E-state index contributed by atoms with van der Waals surface area (Å²) < 4.78 is 5.60. The van der Waals surface area contributed by atoms with Gasteiger partial charge in [-0.2, -0.15) is 4.98 Å². The van der Waals surface area contributed by atoms with Gasteiger partial charge in [0.25, 0.3) is 0 Å². The topological polar surface area (TPSA) is 67.3 Å². The molecule has 0 amide bonds. The zero-order valence-electron chi connectivity index (χ0n) is 12.5. The van der Waals surface area contributed by atoms with Crippen molar-refractivity contribution in [1.29, 1.82) is 0 Å². The Bertz CT molecular complexity index is 395. The molecule has 108 valence electrons. The fourth-order valence-corrected chi connectivity index (χ4v) is 1.82. The van der Waals surface area contributed by atoms with Crippen LogP contribution in [-0.2, 0) is 0 Å². The number of ether oxygens (including phenoxy) is 1. The second-order valence-corrected chi connectivity index (χ2v) is 5.11. The third-order valence-electron chi connectivity index (χ3n) is 3.22. The first-order valence-electron chi connectivity index (χ1n) is 6.86. The molecule has 1 heterocycles. The molecule has 5 heteroatoms. The molecule has 2 N–H and O–H groups in total. The summed E-state index contributed by atoms with van der Waals surface area (Å²) in [6.07, 6.45) is 1.68. The van der Waals surface area contributed by atoms with Gasteiger partial charge in [0, 0.05) is 11.8 Å². The quantitative estimate of drug-likeness (QED) is 0.794. The van der Waals surface area contributed by atoms with Gasteiger partial charge in [-0.1, -0.05) is 13.8 Å². The van der Waals surface area contributed by atoms with E-state index in [4.69, 9.17) is 4.74 Å². The van der Waals surface area contributed by atoms with Crippen molar-refractivity contribution in [3.63, 3.8) is 0 Å². The number of hydrogen-bond acceptors (Lipinski definition) is 5. The maximum Gasteiger partial charge on any atom is 0.226 e. The molecular weight excluding hydrogens is 242 g/mol. The summed E-state index contributed by atoms with van der Waals surface area (Å²) in [6.45, 7) is 9.94. The van der Waals surface area contributed by atoms with Crippen LogP contribution in [0.4, 0.5) is 5.95 Å². The Morgan fingerprint density at radius 3 is 2.42 bits per heavy atom. The first-order valence-corrected chi connectivity index (χ1v) is 6.86. The van der Waals surface area contributed by atoms with Gasteiger partial charge in [-0.25, -0.2) is 4.98 Å². The second kappa shape index (κ2) is 6.70. The van der Waals surface area contributed by atoms with Crippen LogP contribution >= 0.6 is 0 Å². The lowest BCUT2D eigenvalue weighted by molar-refractivity contribution is 0.201. The summed E-state index contributed by atoms with van der Waals surface area (Å²) in [6, 6.07) is 1.81. The van der Waals surface area contributed by atoms with E-state index in [-0.39, 0.29) is 18.2 Å². The number of aliphatic hydroxyl groups is 1. The smallest absolute Gasteiger partial charge is 0.226 e. The summed E-state index contributed by atoms with van der Waals surface area (Å²) in [5.41, 5.74) is 0.468. The molecule has 0 radical (unpaired) electrons. The summed E-state index contributed by atoms with van der Waals surface area (Å²) in [4.78, 5) is 8.70. The first kappa shape index (κ1) is 15.7. The number of anilines is 1. The van der Waals surface area contributed by atoms with Crippen molar-refractivity contribution in [2.24, 2.45) is 0 Å². The molecule has 19 heavy (non-hydrogen) atoms. The lowest BCUT2D eigenvalue weighted by Gasteiger charge is -2.30. The Kier molecular flexibility index (Phi) is 5.54. The second-order valence-electron chi connectivity index (χ2n) is 5.11. The molecule has 0 saturated carbocycles. The highest BCUT2D eigenvalue weighted by molar-refractivity contribution is 5.34. The maximum atomic E-state index is 9.57. The largest absolute Gasteiger partial charge is 0.475 e. The van der Waals surface area contributed by atoms with E-state index in [1.54, 1.807) is 0 Å². The molecule has 0 atom stereocenters. The van der Waals surface area contributed by atoms with Gasteiger partial charge >= 0.3 is 0 Å². The van der Waals surface area contributed by atoms with Crippen LogP contribution in [0.3, 0.4) is 0 Å². The summed E-state index contributed by atoms with van der Waals surface area (Å²) >= 11 is 0. The maximum absolute atomic E-state index is 9.57. The molecule has 0 bridgehead atoms. The molecule has 0 saturated heterocycles. The van der Waals surface area contributed by atoms with Crippen molar-refractivity contribution in [3.05, 3.63) is 11.8 Å². The van der Waals surface area contributed by atoms with Crippen LogP contribution in [0, 0.1) is 6.92 Å². The standard InChI is InChI=1S/C14H25N3O2/c1-6-14(7-2,9-18)17-13-15-11(5)8-12(16-13)19-10(3)4/h8,10,18H,6-7,9H2,1-5H3,(H,15,16,17). The Hall–Kier alpha value is -1.36. The molecule has 1 rings (SSSR count). The minimum absolute atomic E-state index is 0.0532. The van der Waals surface area contributed by atoms with Gasteiger partial charge in [0.05, 0.1) is 18.2 Å². The van der Waals surface area contributed by atoms with E-state index >= 15 is 0 Å². The molecular formula is C14H25N3O2. The van der Waals surface area contributed by atoms with Crippen LogP contribution in [0.25, 0.3) is 0 Å². The molecule has 0 aliphatic carbocycles. The van der Waals surface area contributed by atoms with Crippen molar-refractivity contribution < 1.29 is 9.84 Å². The number of nitrogens with one attached hydrogen (secondary N) is 1. The van der Waals surface area contributed by atoms with Gasteiger partial charge < -0.3 is 15.2 Å². The SMILES string of the molecule is CCC(CC)(CO)Nc1nc(C)cc(OC(C)C)n1. The lowest BCUT2D eigenvalue weighted by Crippen LogP contribution is -2.41. The summed E-state index contributed by atoms with van der Waals surface area (Å²) in [5, 5.41) is 12.8. The highest BCUT2D eigenvalue weighted by Crippen LogP contribution is 2.21. The van der Waals surface area contributed by atoms with Gasteiger partial charge in [-0.05, 0) is 33.6 Å². The Morgan fingerprint density at radius 1 is 1.32 bits per heavy atom. The average molecular weight is 267 g/mol. The highest BCUT2D eigenvalue weighted by atomic mass is 16.5.